The van der Waals surface area contributed by atoms with Gasteiger partial charge in [0.1, 0.15) is 5.51 Å². The quantitative estimate of drug-likeness (QED) is 0.800. The van der Waals surface area contributed by atoms with Crippen molar-refractivity contribution in [3.63, 3.8) is 0 Å². The van der Waals surface area contributed by atoms with Gasteiger partial charge in [0.15, 0.2) is 4.34 Å². The number of amides is 1. The molecule has 5 nitrogen and oxygen atoms in total. The molecule has 1 amide bonds. The van der Waals surface area contributed by atoms with Gasteiger partial charge in [-0.2, -0.15) is 0 Å². The Hall–Kier alpha value is -0.660. The van der Waals surface area contributed by atoms with Gasteiger partial charge in [0.2, 0.25) is 5.91 Å². The van der Waals surface area contributed by atoms with Crippen molar-refractivity contribution in [1.82, 2.24) is 10.2 Å². The second-order valence-electron chi connectivity index (χ2n) is 3.71. The van der Waals surface area contributed by atoms with Crippen molar-refractivity contribution in [2.24, 2.45) is 11.5 Å². The van der Waals surface area contributed by atoms with E-state index < -0.39 is 11.4 Å². The molecule has 0 bridgehead atoms. The number of carbonyl (C=O) groups excluding carboxylic acids is 1. The first-order valence-corrected chi connectivity index (χ1v) is 6.38. The van der Waals surface area contributed by atoms with E-state index in [-0.39, 0.29) is 0 Å². The van der Waals surface area contributed by atoms with Gasteiger partial charge in [-0.1, -0.05) is 23.1 Å². The number of carbonyl (C=O) groups is 1. The Kier molecular flexibility index (Phi) is 2.94. The number of aromatic nitrogens is 2. The minimum atomic E-state index is -0.817. The number of nitrogens with zero attached hydrogens (tertiary/aromatic N) is 2. The van der Waals surface area contributed by atoms with E-state index in [0.29, 0.717) is 18.1 Å². The van der Waals surface area contributed by atoms with E-state index in [0.717, 1.165) is 10.8 Å². The molecule has 2 atom stereocenters. The molecular weight excluding hydrogens is 232 g/mol. The Morgan fingerprint density at radius 2 is 2.53 bits per heavy atom. The number of hydrogen-bond donors (Lipinski definition) is 2. The number of hydrogen-bond acceptors (Lipinski definition) is 6. The first kappa shape index (κ1) is 10.8. The standard InChI is InChI=1S/C8H12N4OS2/c9-6(13)8(10)2-1-5(3-8)15-7-12-11-4-14-7/h4-5H,1-3,10H2,(H2,9,13). The summed E-state index contributed by atoms with van der Waals surface area (Å²) in [6.45, 7) is 0. The minimum absolute atomic E-state index is 0.329. The zero-order chi connectivity index (χ0) is 10.9. The van der Waals surface area contributed by atoms with Crippen LogP contribution in [0.4, 0.5) is 0 Å². The van der Waals surface area contributed by atoms with E-state index in [9.17, 15) is 4.79 Å². The fourth-order valence-corrected chi connectivity index (χ4v) is 3.74. The van der Waals surface area contributed by atoms with Gasteiger partial charge < -0.3 is 11.5 Å². The van der Waals surface area contributed by atoms with E-state index in [1.807, 2.05) is 0 Å². The summed E-state index contributed by atoms with van der Waals surface area (Å²) in [4.78, 5) is 11.1. The molecule has 1 fully saturated rings. The van der Waals surface area contributed by atoms with Crippen LogP contribution >= 0.6 is 23.1 Å². The highest BCUT2D eigenvalue weighted by Crippen LogP contribution is 2.39. The molecule has 7 heteroatoms. The van der Waals surface area contributed by atoms with Crippen LogP contribution in [0.15, 0.2) is 9.85 Å². The average molecular weight is 244 g/mol. The Morgan fingerprint density at radius 1 is 1.73 bits per heavy atom. The highest BCUT2D eigenvalue weighted by molar-refractivity contribution is 8.01. The van der Waals surface area contributed by atoms with Crippen LogP contribution < -0.4 is 11.5 Å². The summed E-state index contributed by atoms with van der Waals surface area (Å²) in [5.41, 5.74) is 12.0. The largest absolute Gasteiger partial charge is 0.368 e. The summed E-state index contributed by atoms with van der Waals surface area (Å²) < 4.78 is 0.925. The predicted octanol–water partition coefficient (Wildman–Crippen LogP) is 0.365. The molecule has 0 aliphatic heterocycles. The third kappa shape index (κ3) is 2.30. The molecule has 1 aliphatic carbocycles. The molecule has 15 heavy (non-hydrogen) atoms. The van der Waals surface area contributed by atoms with Crippen LogP contribution in [-0.4, -0.2) is 26.9 Å². The van der Waals surface area contributed by atoms with Gasteiger partial charge in [-0.25, -0.2) is 0 Å². The topological polar surface area (TPSA) is 94.9 Å². The lowest BCUT2D eigenvalue weighted by Gasteiger charge is -2.18. The van der Waals surface area contributed by atoms with Gasteiger partial charge >= 0.3 is 0 Å². The van der Waals surface area contributed by atoms with Crippen LogP contribution in [0.5, 0.6) is 0 Å². The Balaban J connectivity index is 1.96. The van der Waals surface area contributed by atoms with Crippen molar-refractivity contribution < 1.29 is 4.79 Å². The maximum absolute atomic E-state index is 11.1. The van der Waals surface area contributed by atoms with Crippen LogP contribution in [-0.2, 0) is 4.79 Å². The molecule has 1 aromatic rings. The monoisotopic (exact) mass is 244 g/mol. The number of rotatable bonds is 3. The van der Waals surface area contributed by atoms with Gasteiger partial charge in [-0.05, 0) is 19.3 Å². The van der Waals surface area contributed by atoms with Crippen molar-refractivity contribution in [3.05, 3.63) is 5.51 Å². The maximum atomic E-state index is 11.1. The van der Waals surface area contributed by atoms with Gasteiger partial charge in [0, 0.05) is 5.25 Å². The summed E-state index contributed by atoms with van der Waals surface area (Å²) in [6, 6.07) is 0. The Bertz CT molecular complexity index is 356. The van der Waals surface area contributed by atoms with Crippen molar-refractivity contribution in [2.75, 3.05) is 0 Å². The molecule has 0 saturated heterocycles. The normalized spacial score (nSPS) is 30.6. The van der Waals surface area contributed by atoms with E-state index in [1.54, 1.807) is 17.3 Å². The van der Waals surface area contributed by atoms with Crippen molar-refractivity contribution in [2.45, 2.75) is 34.4 Å². The number of primary amides is 1. The van der Waals surface area contributed by atoms with E-state index in [1.165, 1.54) is 11.3 Å². The molecule has 4 N–H and O–H groups in total. The minimum Gasteiger partial charge on any atom is -0.368 e. The summed E-state index contributed by atoms with van der Waals surface area (Å²) in [6.07, 6.45) is 2.20. The molecule has 0 spiro atoms. The second-order valence-corrected chi connectivity index (χ2v) is 6.09. The highest BCUT2D eigenvalue weighted by atomic mass is 32.2. The van der Waals surface area contributed by atoms with Crippen LogP contribution in [0.1, 0.15) is 19.3 Å². The molecule has 1 aromatic heterocycles. The second kappa shape index (κ2) is 4.07. The van der Waals surface area contributed by atoms with E-state index in [4.69, 9.17) is 11.5 Å². The Labute approximate surface area is 95.6 Å². The zero-order valence-corrected chi connectivity index (χ0v) is 9.68. The lowest BCUT2D eigenvalue weighted by atomic mass is 9.99. The molecule has 1 aliphatic rings. The summed E-state index contributed by atoms with van der Waals surface area (Å²) in [7, 11) is 0. The molecule has 82 valence electrons. The lowest BCUT2D eigenvalue weighted by Crippen LogP contribution is -2.50. The van der Waals surface area contributed by atoms with E-state index >= 15 is 0 Å². The lowest BCUT2D eigenvalue weighted by molar-refractivity contribution is -0.122. The van der Waals surface area contributed by atoms with Crippen LogP contribution in [0, 0.1) is 0 Å². The summed E-state index contributed by atoms with van der Waals surface area (Å²) in [5, 5.41) is 8.04. The number of thioether (sulfide) groups is 1. The molecule has 1 saturated carbocycles. The van der Waals surface area contributed by atoms with Crippen LogP contribution in [0.2, 0.25) is 0 Å². The SMILES string of the molecule is NC(=O)C1(N)CCC(Sc2nncs2)C1. The molecule has 2 unspecified atom stereocenters. The summed E-state index contributed by atoms with van der Waals surface area (Å²) in [5.74, 6) is -0.400. The fourth-order valence-electron chi connectivity index (χ4n) is 1.71. The van der Waals surface area contributed by atoms with Gasteiger partial charge in [0.05, 0.1) is 5.54 Å². The smallest absolute Gasteiger partial charge is 0.237 e. The van der Waals surface area contributed by atoms with Gasteiger partial charge in [0.25, 0.3) is 0 Å². The molecule has 0 radical (unpaired) electrons. The predicted molar refractivity (Wildman–Crippen MR) is 59.5 cm³/mol. The number of nitrogens with two attached hydrogens (primary N) is 2. The Morgan fingerprint density at radius 3 is 3.07 bits per heavy atom. The van der Waals surface area contributed by atoms with Crippen LogP contribution in [0.3, 0.4) is 0 Å². The first-order valence-electron chi connectivity index (χ1n) is 4.62. The molecular formula is C8H12N4OS2. The zero-order valence-electron chi connectivity index (χ0n) is 8.05. The third-order valence-corrected chi connectivity index (χ3v) is 4.68. The maximum Gasteiger partial charge on any atom is 0.237 e. The van der Waals surface area contributed by atoms with Crippen molar-refractivity contribution in [1.29, 1.82) is 0 Å². The van der Waals surface area contributed by atoms with Gasteiger partial charge in [-0.15, -0.1) is 10.2 Å². The summed E-state index contributed by atoms with van der Waals surface area (Å²) >= 11 is 3.14. The third-order valence-electron chi connectivity index (χ3n) is 2.60. The van der Waals surface area contributed by atoms with E-state index in [2.05, 4.69) is 10.2 Å². The average Bonchev–Trinajstić information content (AvgIpc) is 2.77. The van der Waals surface area contributed by atoms with Crippen molar-refractivity contribution in [3.8, 4) is 0 Å². The highest BCUT2D eigenvalue weighted by Gasteiger charge is 2.41. The first-order chi connectivity index (χ1) is 7.10. The molecule has 1 heterocycles. The molecule has 0 aromatic carbocycles. The van der Waals surface area contributed by atoms with Crippen LogP contribution in [0.25, 0.3) is 0 Å². The fraction of sp³-hybridized carbons (Fsp3) is 0.625. The van der Waals surface area contributed by atoms with Crippen molar-refractivity contribution >= 4 is 29.0 Å². The van der Waals surface area contributed by atoms with Gasteiger partial charge in [-0.3, -0.25) is 4.79 Å². The molecule has 2 rings (SSSR count).